The number of piperidine rings is 1. The SMILES string of the molecule is COc1ccccc1Nc1nn(CN2CCCC(C(=O)Nc3ccccc3)C2)c(=S)s1. The number of para-hydroxylation sites is 3. The lowest BCUT2D eigenvalue weighted by atomic mass is 9.97. The monoisotopic (exact) mass is 455 g/mol. The van der Waals surface area contributed by atoms with Crippen molar-refractivity contribution in [2.45, 2.75) is 19.5 Å². The van der Waals surface area contributed by atoms with E-state index in [0.29, 0.717) is 22.3 Å². The molecule has 0 spiro atoms. The number of methoxy groups -OCH3 is 1. The molecule has 1 amide bonds. The van der Waals surface area contributed by atoms with Crippen LogP contribution in [0.4, 0.5) is 16.5 Å². The molecule has 0 saturated carbocycles. The zero-order valence-electron chi connectivity index (χ0n) is 17.3. The summed E-state index contributed by atoms with van der Waals surface area (Å²) >= 11 is 6.95. The molecule has 1 atom stereocenters. The lowest BCUT2D eigenvalue weighted by Gasteiger charge is -2.31. The van der Waals surface area contributed by atoms with Gasteiger partial charge in [-0.3, -0.25) is 9.69 Å². The fraction of sp³-hybridized carbons (Fsp3) is 0.318. The number of hydrogen-bond donors (Lipinski definition) is 2. The van der Waals surface area contributed by atoms with Gasteiger partial charge in [0, 0.05) is 12.2 Å². The van der Waals surface area contributed by atoms with Gasteiger partial charge in [0.05, 0.1) is 25.4 Å². The predicted molar refractivity (Wildman–Crippen MR) is 127 cm³/mol. The Kier molecular flexibility index (Phi) is 6.96. The van der Waals surface area contributed by atoms with Gasteiger partial charge in [-0.15, -0.1) is 5.10 Å². The first kappa shape index (κ1) is 21.5. The number of anilines is 3. The summed E-state index contributed by atoms with van der Waals surface area (Å²) in [5.41, 5.74) is 1.68. The molecule has 0 aliphatic carbocycles. The third kappa shape index (κ3) is 5.49. The van der Waals surface area contributed by atoms with Gasteiger partial charge in [-0.25, -0.2) is 4.68 Å². The Labute approximate surface area is 190 Å². The normalized spacial score (nSPS) is 16.6. The molecule has 2 N–H and O–H groups in total. The van der Waals surface area contributed by atoms with Gasteiger partial charge in [-0.1, -0.05) is 41.7 Å². The third-order valence-corrected chi connectivity index (χ3v) is 6.43. The van der Waals surface area contributed by atoms with E-state index in [9.17, 15) is 4.79 Å². The van der Waals surface area contributed by atoms with Crippen LogP contribution in [0.25, 0.3) is 0 Å². The molecule has 1 unspecified atom stereocenters. The predicted octanol–water partition coefficient (Wildman–Crippen LogP) is 4.73. The van der Waals surface area contributed by atoms with Gasteiger partial charge in [0.1, 0.15) is 5.75 Å². The summed E-state index contributed by atoms with van der Waals surface area (Å²) in [6, 6.07) is 17.3. The summed E-state index contributed by atoms with van der Waals surface area (Å²) in [7, 11) is 1.64. The number of likely N-dealkylation sites (tertiary alicyclic amines) is 1. The van der Waals surface area contributed by atoms with Crippen molar-refractivity contribution in [3.8, 4) is 5.75 Å². The molecule has 0 bridgehead atoms. The minimum Gasteiger partial charge on any atom is -0.495 e. The fourth-order valence-corrected chi connectivity index (χ4v) is 4.67. The Hall–Kier alpha value is -2.75. The van der Waals surface area contributed by atoms with E-state index in [1.807, 2.05) is 59.3 Å². The number of benzene rings is 2. The molecule has 1 aliphatic rings. The van der Waals surface area contributed by atoms with Crippen molar-refractivity contribution in [3.63, 3.8) is 0 Å². The number of carbonyl (C=O) groups excluding carboxylic acids is 1. The molecule has 31 heavy (non-hydrogen) atoms. The van der Waals surface area contributed by atoms with Crippen molar-refractivity contribution in [1.82, 2.24) is 14.7 Å². The summed E-state index contributed by atoms with van der Waals surface area (Å²) in [6.45, 7) is 2.18. The third-order valence-electron chi connectivity index (χ3n) is 5.21. The Bertz CT molecular complexity index is 1080. The lowest BCUT2D eigenvalue weighted by molar-refractivity contribution is -0.121. The van der Waals surface area contributed by atoms with E-state index in [2.05, 4.69) is 20.6 Å². The molecule has 2 aromatic carbocycles. The number of amides is 1. The first-order valence-electron chi connectivity index (χ1n) is 10.2. The van der Waals surface area contributed by atoms with E-state index in [4.69, 9.17) is 17.0 Å². The van der Waals surface area contributed by atoms with Crippen LogP contribution < -0.4 is 15.4 Å². The Morgan fingerprint density at radius 3 is 2.81 bits per heavy atom. The molecule has 162 valence electrons. The van der Waals surface area contributed by atoms with Gasteiger partial charge < -0.3 is 15.4 Å². The van der Waals surface area contributed by atoms with Gasteiger partial charge in [0.2, 0.25) is 11.0 Å². The lowest BCUT2D eigenvalue weighted by Crippen LogP contribution is -2.41. The maximum absolute atomic E-state index is 12.7. The van der Waals surface area contributed by atoms with Crippen molar-refractivity contribution < 1.29 is 9.53 Å². The second-order valence-corrected chi connectivity index (χ2v) is 9.03. The smallest absolute Gasteiger partial charge is 0.228 e. The van der Waals surface area contributed by atoms with Gasteiger partial charge in [-0.05, 0) is 55.9 Å². The summed E-state index contributed by atoms with van der Waals surface area (Å²) in [5.74, 6) is 0.766. The zero-order valence-corrected chi connectivity index (χ0v) is 18.9. The van der Waals surface area contributed by atoms with E-state index in [1.54, 1.807) is 7.11 Å². The molecule has 1 fully saturated rings. The fourth-order valence-electron chi connectivity index (χ4n) is 3.66. The quantitative estimate of drug-likeness (QED) is 0.502. The maximum Gasteiger partial charge on any atom is 0.228 e. The molecule has 3 aromatic rings. The van der Waals surface area contributed by atoms with Crippen LogP contribution >= 0.6 is 23.6 Å². The van der Waals surface area contributed by atoms with Crippen LogP contribution in [0.2, 0.25) is 0 Å². The number of carbonyl (C=O) groups is 1. The average molecular weight is 456 g/mol. The highest BCUT2D eigenvalue weighted by Crippen LogP contribution is 2.28. The van der Waals surface area contributed by atoms with Crippen molar-refractivity contribution in [2.75, 3.05) is 30.8 Å². The highest BCUT2D eigenvalue weighted by Gasteiger charge is 2.26. The summed E-state index contributed by atoms with van der Waals surface area (Å²) in [6.07, 6.45) is 1.86. The number of rotatable bonds is 7. The molecule has 1 saturated heterocycles. The summed E-state index contributed by atoms with van der Waals surface area (Å²) in [5, 5.41) is 11.7. The average Bonchev–Trinajstić information content (AvgIpc) is 3.13. The molecule has 4 rings (SSSR count). The Morgan fingerprint density at radius 1 is 1.23 bits per heavy atom. The Morgan fingerprint density at radius 2 is 2.00 bits per heavy atom. The van der Waals surface area contributed by atoms with E-state index in [-0.39, 0.29) is 11.8 Å². The van der Waals surface area contributed by atoms with E-state index >= 15 is 0 Å². The number of hydrogen-bond acceptors (Lipinski definition) is 7. The highest BCUT2D eigenvalue weighted by atomic mass is 32.1. The maximum atomic E-state index is 12.7. The standard InChI is InChI=1S/C22H25N5O2S2/c1-29-19-12-6-5-11-18(19)24-21-25-27(22(30)31-21)15-26-13-7-8-16(14-26)20(28)23-17-9-3-2-4-10-17/h2-6,9-12,16H,7-8,13-15H2,1H3,(H,23,28)(H,24,25). The van der Waals surface area contributed by atoms with Crippen molar-refractivity contribution in [2.24, 2.45) is 5.92 Å². The van der Waals surface area contributed by atoms with Crippen LogP contribution in [0.1, 0.15) is 12.8 Å². The van der Waals surface area contributed by atoms with Gasteiger partial charge >= 0.3 is 0 Å². The van der Waals surface area contributed by atoms with E-state index in [0.717, 1.165) is 36.5 Å². The first-order valence-corrected chi connectivity index (χ1v) is 11.4. The van der Waals surface area contributed by atoms with Gasteiger partial charge in [0.15, 0.2) is 3.95 Å². The topological polar surface area (TPSA) is 71.4 Å². The zero-order chi connectivity index (χ0) is 21.6. The molecule has 9 heteroatoms. The molecule has 0 radical (unpaired) electrons. The van der Waals surface area contributed by atoms with Crippen molar-refractivity contribution in [1.29, 1.82) is 0 Å². The van der Waals surface area contributed by atoms with Crippen LogP contribution in [-0.4, -0.2) is 40.8 Å². The molecule has 7 nitrogen and oxygen atoms in total. The minimum absolute atomic E-state index is 0.0482. The number of nitrogens with one attached hydrogen (secondary N) is 2. The largest absolute Gasteiger partial charge is 0.495 e. The number of ether oxygens (including phenoxy) is 1. The second-order valence-electron chi connectivity index (χ2n) is 7.41. The summed E-state index contributed by atoms with van der Waals surface area (Å²) in [4.78, 5) is 14.9. The number of nitrogens with zero attached hydrogens (tertiary/aromatic N) is 3. The van der Waals surface area contributed by atoms with Crippen molar-refractivity contribution >= 4 is 46.0 Å². The summed E-state index contributed by atoms with van der Waals surface area (Å²) < 4.78 is 7.89. The highest BCUT2D eigenvalue weighted by molar-refractivity contribution is 7.73. The van der Waals surface area contributed by atoms with Gasteiger partial charge in [0.25, 0.3) is 0 Å². The molecule has 2 heterocycles. The van der Waals surface area contributed by atoms with E-state index < -0.39 is 0 Å². The number of aromatic nitrogens is 2. The van der Waals surface area contributed by atoms with Crippen LogP contribution in [0, 0.1) is 9.87 Å². The van der Waals surface area contributed by atoms with Crippen molar-refractivity contribution in [3.05, 3.63) is 58.6 Å². The molecule has 1 aliphatic heterocycles. The second kappa shape index (κ2) is 10.0. The minimum atomic E-state index is -0.0482. The van der Waals surface area contributed by atoms with Crippen LogP contribution in [0.3, 0.4) is 0 Å². The van der Waals surface area contributed by atoms with Crippen LogP contribution in [0.5, 0.6) is 5.75 Å². The molecular weight excluding hydrogens is 430 g/mol. The van der Waals surface area contributed by atoms with Crippen LogP contribution in [0.15, 0.2) is 54.6 Å². The van der Waals surface area contributed by atoms with E-state index in [1.165, 1.54) is 11.3 Å². The molecular formula is C22H25N5O2S2. The van der Waals surface area contributed by atoms with Gasteiger partial charge in [-0.2, -0.15) is 0 Å². The molecule has 1 aromatic heterocycles. The van der Waals surface area contributed by atoms with Crippen LogP contribution in [-0.2, 0) is 11.5 Å². The first-order chi connectivity index (χ1) is 15.1. The Balaban J connectivity index is 1.39.